The fourth-order valence-corrected chi connectivity index (χ4v) is 4.12. The molecule has 6 nitrogen and oxygen atoms in total. The zero-order valence-electron chi connectivity index (χ0n) is 13.3. The van der Waals surface area contributed by atoms with E-state index in [0.717, 1.165) is 48.1 Å². The lowest BCUT2D eigenvalue weighted by atomic mass is 10.0. The quantitative estimate of drug-likeness (QED) is 0.505. The zero-order chi connectivity index (χ0) is 16.4. The van der Waals surface area contributed by atoms with Crippen LogP contribution < -0.4 is 20.8 Å². The molecule has 0 N–H and O–H groups in total. The Kier molecular flexibility index (Phi) is 2.63. The SMILES string of the molecule is COc1ccc2oc(=O)c3c(=O)n4c5c(c3c2c1)CCN5CCC4. The number of aromatic nitrogens is 1. The summed E-state index contributed by atoms with van der Waals surface area (Å²) in [6.45, 7) is 2.50. The van der Waals surface area contributed by atoms with Crippen molar-refractivity contribution >= 4 is 27.6 Å². The van der Waals surface area contributed by atoms with Crippen molar-refractivity contribution < 1.29 is 9.15 Å². The molecule has 1 aromatic carbocycles. The Balaban J connectivity index is 2.07. The number of ether oxygens (including phenoxy) is 1. The Labute approximate surface area is 136 Å². The molecule has 0 aliphatic carbocycles. The molecule has 0 saturated heterocycles. The molecule has 0 fully saturated rings. The maximum absolute atomic E-state index is 13.0. The monoisotopic (exact) mass is 324 g/mol. The van der Waals surface area contributed by atoms with Gasteiger partial charge >= 0.3 is 5.63 Å². The van der Waals surface area contributed by atoms with Gasteiger partial charge in [0.2, 0.25) is 0 Å². The minimum Gasteiger partial charge on any atom is -0.497 e. The summed E-state index contributed by atoms with van der Waals surface area (Å²) in [6.07, 6.45) is 1.76. The van der Waals surface area contributed by atoms with Crippen LogP contribution >= 0.6 is 0 Å². The third kappa shape index (κ3) is 1.60. The van der Waals surface area contributed by atoms with Gasteiger partial charge in [-0.05, 0) is 31.0 Å². The van der Waals surface area contributed by atoms with Gasteiger partial charge in [-0.2, -0.15) is 0 Å². The number of fused-ring (bicyclic) bond motifs is 4. The molecular weight excluding hydrogens is 308 g/mol. The fraction of sp³-hybridized carbons (Fsp3) is 0.333. The van der Waals surface area contributed by atoms with Gasteiger partial charge in [-0.3, -0.25) is 9.36 Å². The van der Waals surface area contributed by atoms with Crippen LogP contribution in [0.1, 0.15) is 12.0 Å². The van der Waals surface area contributed by atoms with Crippen LogP contribution in [0.5, 0.6) is 5.75 Å². The topological polar surface area (TPSA) is 64.7 Å². The molecule has 0 amide bonds. The molecule has 24 heavy (non-hydrogen) atoms. The van der Waals surface area contributed by atoms with Crippen molar-refractivity contribution in [2.24, 2.45) is 0 Å². The van der Waals surface area contributed by atoms with Crippen LogP contribution in [-0.4, -0.2) is 24.8 Å². The van der Waals surface area contributed by atoms with Crippen molar-refractivity contribution in [3.63, 3.8) is 0 Å². The standard InChI is InChI=1S/C18H16N2O4/c1-23-10-3-4-13-12(9-10)14-11-5-8-19-6-2-7-20(16(11)19)17(21)15(14)18(22)24-13/h3-4,9H,2,5-8H2,1H3. The van der Waals surface area contributed by atoms with E-state index in [0.29, 0.717) is 17.9 Å². The van der Waals surface area contributed by atoms with Gasteiger partial charge in [0, 0.05) is 36.0 Å². The highest BCUT2D eigenvalue weighted by Gasteiger charge is 2.31. The number of methoxy groups -OCH3 is 1. The Bertz CT molecular complexity index is 1130. The number of hydrogen-bond donors (Lipinski definition) is 0. The number of hydrogen-bond acceptors (Lipinski definition) is 5. The van der Waals surface area contributed by atoms with E-state index in [1.165, 1.54) is 0 Å². The average molecular weight is 324 g/mol. The van der Waals surface area contributed by atoms with E-state index in [1.807, 2.05) is 6.07 Å². The highest BCUT2D eigenvalue weighted by molar-refractivity contribution is 6.08. The van der Waals surface area contributed by atoms with Crippen LogP contribution in [0, 0.1) is 0 Å². The third-order valence-electron chi connectivity index (χ3n) is 5.14. The van der Waals surface area contributed by atoms with Crippen molar-refractivity contribution in [3.8, 4) is 5.75 Å². The van der Waals surface area contributed by atoms with Crippen LogP contribution in [0.2, 0.25) is 0 Å². The van der Waals surface area contributed by atoms with E-state index in [9.17, 15) is 9.59 Å². The summed E-state index contributed by atoms with van der Waals surface area (Å²) in [5, 5.41) is 1.67. The Morgan fingerprint density at radius 3 is 2.83 bits per heavy atom. The second kappa shape index (κ2) is 4.63. The number of anilines is 1. The highest BCUT2D eigenvalue weighted by atomic mass is 16.5. The third-order valence-corrected chi connectivity index (χ3v) is 5.14. The van der Waals surface area contributed by atoms with Gasteiger partial charge < -0.3 is 14.1 Å². The molecular formula is C18H16N2O4. The molecule has 0 bridgehead atoms. The second-order valence-electron chi connectivity index (χ2n) is 6.35. The maximum atomic E-state index is 13.0. The minimum atomic E-state index is -0.553. The lowest BCUT2D eigenvalue weighted by Gasteiger charge is -2.28. The largest absolute Gasteiger partial charge is 0.497 e. The molecule has 2 aliphatic heterocycles. The number of nitrogens with zero attached hydrogens (tertiary/aromatic N) is 2. The van der Waals surface area contributed by atoms with Crippen molar-refractivity contribution in [1.29, 1.82) is 0 Å². The summed E-state index contributed by atoms with van der Waals surface area (Å²) in [7, 11) is 1.60. The lowest BCUT2D eigenvalue weighted by Crippen LogP contribution is -2.36. The smallest absolute Gasteiger partial charge is 0.349 e. The summed E-state index contributed by atoms with van der Waals surface area (Å²) in [5.74, 6) is 1.66. The van der Waals surface area contributed by atoms with E-state index in [1.54, 1.807) is 23.8 Å². The molecule has 0 spiro atoms. The first-order valence-electron chi connectivity index (χ1n) is 8.14. The van der Waals surface area contributed by atoms with Gasteiger partial charge in [0.15, 0.2) is 0 Å². The van der Waals surface area contributed by atoms with Gasteiger partial charge in [-0.25, -0.2) is 4.79 Å². The summed E-state index contributed by atoms with van der Waals surface area (Å²) in [6, 6.07) is 5.33. The molecule has 2 aliphatic rings. The highest BCUT2D eigenvalue weighted by Crippen LogP contribution is 2.37. The molecule has 5 rings (SSSR count). The van der Waals surface area contributed by atoms with Crippen LogP contribution in [0.4, 0.5) is 5.82 Å². The molecule has 0 unspecified atom stereocenters. The van der Waals surface area contributed by atoms with Crippen LogP contribution in [0.15, 0.2) is 32.2 Å². The van der Waals surface area contributed by atoms with E-state index in [-0.39, 0.29) is 10.9 Å². The summed E-state index contributed by atoms with van der Waals surface area (Å²) < 4.78 is 12.5. The first-order valence-corrected chi connectivity index (χ1v) is 8.14. The molecule has 3 aromatic rings. The summed E-state index contributed by atoms with van der Waals surface area (Å²) >= 11 is 0. The van der Waals surface area contributed by atoms with Crippen LogP contribution in [0.3, 0.4) is 0 Å². The van der Waals surface area contributed by atoms with Crippen molar-refractivity contribution in [3.05, 3.63) is 44.5 Å². The normalized spacial score (nSPS) is 16.0. The Hall–Kier alpha value is -2.76. The van der Waals surface area contributed by atoms with Crippen molar-refractivity contribution in [2.45, 2.75) is 19.4 Å². The molecule has 0 saturated carbocycles. The van der Waals surface area contributed by atoms with E-state index in [2.05, 4.69) is 4.90 Å². The zero-order valence-corrected chi connectivity index (χ0v) is 13.3. The van der Waals surface area contributed by atoms with Gasteiger partial charge in [0.05, 0.1) is 7.11 Å². The first kappa shape index (κ1) is 13.7. The number of rotatable bonds is 1. The molecule has 6 heteroatoms. The van der Waals surface area contributed by atoms with Crippen molar-refractivity contribution in [2.75, 3.05) is 25.1 Å². The number of benzene rings is 1. The van der Waals surface area contributed by atoms with Gasteiger partial charge in [0.1, 0.15) is 22.5 Å². The predicted octanol–water partition coefficient (Wildman–Crippen LogP) is 1.88. The molecule has 2 aromatic heterocycles. The van der Waals surface area contributed by atoms with Gasteiger partial charge in [0.25, 0.3) is 5.56 Å². The molecule has 0 radical (unpaired) electrons. The summed E-state index contributed by atoms with van der Waals surface area (Å²) in [5.41, 5.74) is 0.774. The molecule has 0 atom stereocenters. The first-order chi connectivity index (χ1) is 11.7. The van der Waals surface area contributed by atoms with Gasteiger partial charge in [-0.15, -0.1) is 0 Å². The predicted molar refractivity (Wildman–Crippen MR) is 91.3 cm³/mol. The van der Waals surface area contributed by atoms with Crippen LogP contribution in [-0.2, 0) is 13.0 Å². The second-order valence-corrected chi connectivity index (χ2v) is 6.35. The molecule has 4 heterocycles. The lowest BCUT2D eigenvalue weighted by molar-refractivity contribution is 0.415. The van der Waals surface area contributed by atoms with E-state index in [4.69, 9.17) is 9.15 Å². The van der Waals surface area contributed by atoms with E-state index < -0.39 is 5.63 Å². The van der Waals surface area contributed by atoms with E-state index >= 15 is 0 Å². The van der Waals surface area contributed by atoms with Gasteiger partial charge in [-0.1, -0.05) is 0 Å². The van der Waals surface area contributed by atoms with Crippen LogP contribution in [0.25, 0.3) is 21.7 Å². The number of pyridine rings is 1. The maximum Gasteiger partial charge on any atom is 0.349 e. The molecule has 122 valence electrons. The Morgan fingerprint density at radius 1 is 1.12 bits per heavy atom. The van der Waals surface area contributed by atoms with Crippen molar-refractivity contribution in [1.82, 2.24) is 4.57 Å². The average Bonchev–Trinajstić information content (AvgIpc) is 3.03. The summed E-state index contributed by atoms with van der Waals surface area (Å²) in [4.78, 5) is 27.7. The fourth-order valence-electron chi connectivity index (χ4n) is 4.12. The minimum absolute atomic E-state index is 0.165. The Morgan fingerprint density at radius 2 is 2.00 bits per heavy atom.